The maximum absolute atomic E-state index is 15.0. The number of methoxy groups -OCH3 is 2. The average Bonchev–Trinajstić information content (AvgIpc) is 2.78. The molecule has 1 aromatic heterocycles. The fourth-order valence-electron chi connectivity index (χ4n) is 3.95. The molecule has 0 aliphatic rings. The van der Waals surface area contributed by atoms with E-state index in [0.29, 0.717) is 58.4 Å². The van der Waals surface area contributed by atoms with Crippen LogP contribution in [-0.4, -0.2) is 48.1 Å². The summed E-state index contributed by atoms with van der Waals surface area (Å²) in [6, 6.07) is 7.91. The molecule has 0 radical (unpaired) electrons. The Bertz CT molecular complexity index is 1200. The van der Waals surface area contributed by atoms with Crippen LogP contribution in [0.1, 0.15) is 49.3 Å². The summed E-state index contributed by atoms with van der Waals surface area (Å²) in [5.74, 6) is -1.29. The van der Waals surface area contributed by atoms with E-state index in [2.05, 4.69) is 15.3 Å². The van der Waals surface area contributed by atoms with Crippen molar-refractivity contribution >= 4 is 16.7 Å². The average molecular weight is 490 g/mol. The van der Waals surface area contributed by atoms with Crippen molar-refractivity contribution in [1.29, 1.82) is 0 Å². The normalized spacial score (nSPS) is 13.1. The SMILES string of the molecule is COCCOc1cc2c(N[C@H](C)c3cccc(C(F)(F)C(C)(C)O)c3C)nc(C)nc2cc1OC. The molecule has 2 N–H and O–H groups in total. The van der Waals surface area contributed by atoms with Gasteiger partial charge in [0.15, 0.2) is 11.5 Å². The van der Waals surface area contributed by atoms with E-state index >= 15 is 0 Å². The highest BCUT2D eigenvalue weighted by Crippen LogP contribution is 2.42. The number of aryl methyl sites for hydroxylation is 1. The number of halogens is 2. The molecule has 0 spiro atoms. The van der Waals surface area contributed by atoms with Gasteiger partial charge in [-0.3, -0.25) is 0 Å². The third-order valence-corrected chi connectivity index (χ3v) is 5.94. The molecule has 35 heavy (non-hydrogen) atoms. The van der Waals surface area contributed by atoms with Gasteiger partial charge in [0.05, 0.1) is 25.3 Å². The van der Waals surface area contributed by atoms with E-state index in [4.69, 9.17) is 14.2 Å². The zero-order chi connectivity index (χ0) is 26.0. The van der Waals surface area contributed by atoms with E-state index in [1.807, 2.05) is 6.92 Å². The zero-order valence-electron chi connectivity index (χ0n) is 21.2. The second-order valence-electron chi connectivity index (χ2n) is 9.00. The number of benzene rings is 2. The van der Waals surface area contributed by atoms with E-state index in [1.165, 1.54) is 6.07 Å². The maximum Gasteiger partial charge on any atom is 0.300 e. The van der Waals surface area contributed by atoms with Crippen LogP contribution < -0.4 is 14.8 Å². The van der Waals surface area contributed by atoms with Gasteiger partial charge in [-0.15, -0.1) is 0 Å². The summed E-state index contributed by atoms with van der Waals surface area (Å²) >= 11 is 0. The Kier molecular flexibility index (Phi) is 7.81. The Morgan fingerprint density at radius 2 is 1.77 bits per heavy atom. The highest BCUT2D eigenvalue weighted by molar-refractivity contribution is 5.92. The van der Waals surface area contributed by atoms with Gasteiger partial charge in [-0.2, -0.15) is 8.78 Å². The van der Waals surface area contributed by atoms with Crippen molar-refractivity contribution in [2.24, 2.45) is 0 Å². The molecule has 2 aromatic carbocycles. The minimum Gasteiger partial charge on any atom is -0.493 e. The van der Waals surface area contributed by atoms with Crippen molar-refractivity contribution in [3.05, 3.63) is 52.8 Å². The van der Waals surface area contributed by atoms with Crippen LogP contribution in [0.25, 0.3) is 10.9 Å². The second-order valence-corrected chi connectivity index (χ2v) is 9.00. The number of nitrogens with one attached hydrogen (secondary N) is 1. The number of hydrogen-bond acceptors (Lipinski definition) is 7. The van der Waals surface area contributed by atoms with Gasteiger partial charge < -0.3 is 24.6 Å². The molecule has 3 aromatic rings. The van der Waals surface area contributed by atoms with Crippen molar-refractivity contribution < 1.29 is 28.1 Å². The highest BCUT2D eigenvalue weighted by Gasteiger charge is 2.48. The van der Waals surface area contributed by atoms with E-state index in [0.717, 1.165) is 13.8 Å². The summed E-state index contributed by atoms with van der Waals surface area (Å²) in [5.41, 5.74) is -0.688. The summed E-state index contributed by atoms with van der Waals surface area (Å²) in [6.07, 6.45) is 0. The van der Waals surface area contributed by atoms with Crippen LogP contribution in [0.15, 0.2) is 30.3 Å². The minimum absolute atomic E-state index is 0.210. The van der Waals surface area contributed by atoms with Crippen LogP contribution in [0.2, 0.25) is 0 Å². The molecular weight excluding hydrogens is 456 g/mol. The van der Waals surface area contributed by atoms with Crippen LogP contribution in [0, 0.1) is 13.8 Å². The molecule has 0 fully saturated rings. The Morgan fingerprint density at radius 1 is 1.06 bits per heavy atom. The van der Waals surface area contributed by atoms with Gasteiger partial charge in [-0.1, -0.05) is 18.2 Å². The lowest BCUT2D eigenvalue weighted by Crippen LogP contribution is -2.40. The molecule has 7 nitrogen and oxygen atoms in total. The molecule has 1 atom stereocenters. The van der Waals surface area contributed by atoms with Crippen molar-refractivity contribution in [3.63, 3.8) is 0 Å². The molecular formula is C26H33F2N3O4. The fraction of sp³-hybridized carbons (Fsp3) is 0.462. The van der Waals surface area contributed by atoms with Crippen LogP contribution in [-0.2, 0) is 10.7 Å². The summed E-state index contributed by atoms with van der Waals surface area (Å²) in [5, 5.41) is 14.1. The number of rotatable bonds is 10. The molecule has 0 aliphatic carbocycles. The maximum atomic E-state index is 15.0. The lowest BCUT2D eigenvalue weighted by Gasteiger charge is -2.31. The first-order valence-corrected chi connectivity index (χ1v) is 11.4. The van der Waals surface area contributed by atoms with Crippen LogP contribution in [0.3, 0.4) is 0 Å². The van der Waals surface area contributed by atoms with E-state index in [9.17, 15) is 13.9 Å². The van der Waals surface area contributed by atoms with E-state index in [-0.39, 0.29) is 11.6 Å². The van der Waals surface area contributed by atoms with Crippen molar-refractivity contribution in [2.45, 2.75) is 52.2 Å². The topological polar surface area (TPSA) is 85.7 Å². The fourth-order valence-corrected chi connectivity index (χ4v) is 3.95. The van der Waals surface area contributed by atoms with Crippen LogP contribution in [0.5, 0.6) is 11.5 Å². The molecule has 0 aliphatic heterocycles. The molecule has 0 saturated heterocycles. The van der Waals surface area contributed by atoms with Gasteiger partial charge in [-0.05, 0) is 51.8 Å². The van der Waals surface area contributed by atoms with Crippen molar-refractivity contribution in [2.75, 3.05) is 32.8 Å². The van der Waals surface area contributed by atoms with Gasteiger partial charge in [0.25, 0.3) is 0 Å². The summed E-state index contributed by atoms with van der Waals surface area (Å²) in [4.78, 5) is 9.08. The summed E-state index contributed by atoms with van der Waals surface area (Å²) < 4.78 is 46.3. The first-order chi connectivity index (χ1) is 16.4. The molecule has 9 heteroatoms. The smallest absolute Gasteiger partial charge is 0.300 e. The van der Waals surface area contributed by atoms with E-state index < -0.39 is 11.5 Å². The van der Waals surface area contributed by atoms with Crippen molar-refractivity contribution in [3.8, 4) is 11.5 Å². The van der Waals surface area contributed by atoms with Crippen LogP contribution >= 0.6 is 0 Å². The van der Waals surface area contributed by atoms with Gasteiger partial charge in [0.1, 0.15) is 23.9 Å². The quantitative estimate of drug-likeness (QED) is 0.373. The number of aromatic nitrogens is 2. The first-order valence-electron chi connectivity index (χ1n) is 11.4. The van der Waals surface area contributed by atoms with Gasteiger partial charge >= 0.3 is 5.92 Å². The van der Waals surface area contributed by atoms with Gasteiger partial charge in [-0.25, -0.2) is 9.97 Å². The van der Waals surface area contributed by atoms with E-state index in [1.54, 1.807) is 52.3 Å². The minimum atomic E-state index is -3.42. The number of hydrogen-bond donors (Lipinski definition) is 2. The first kappa shape index (κ1) is 26.6. The Labute approximate surface area is 204 Å². The number of nitrogens with zero attached hydrogens (tertiary/aromatic N) is 2. The standard InChI is InChI=1S/C26H33F2N3O4/c1-15-18(9-8-10-20(15)26(27,28)25(4,5)32)16(2)29-24-19-13-23(35-12-11-33-6)22(34-7)14-21(19)30-17(3)31-24/h8-10,13-14,16,32H,11-12H2,1-7H3,(H,29,30,31)/t16-/m1/s1. The molecule has 1 heterocycles. The number of ether oxygens (including phenoxy) is 3. The third kappa shape index (κ3) is 5.46. The molecule has 0 saturated carbocycles. The molecule has 190 valence electrons. The number of aliphatic hydroxyl groups is 1. The molecule has 3 rings (SSSR count). The Morgan fingerprint density at radius 3 is 2.40 bits per heavy atom. The Balaban J connectivity index is 2.03. The number of anilines is 1. The predicted molar refractivity (Wildman–Crippen MR) is 132 cm³/mol. The lowest BCUT2D eigenvalue weighted by atomic mass is 9.87. The summed E-state index contributed by atoms with van der Waals surface area (Å²) in [6.45, 7) is 8.26. The predicted octanol–water partition coefficient (Wildman–Crippen LogP) is 5.32. The number of alkyl halides is 2. The lowest BCUT2D eigenvalue weighted by molar-refractivity contribution is -0.168. The van der Waals surface area contributed by atoms with Crippen LogP contribution in [0.4, 0.5) is 14.6 Å². The number of fused-ring (bicyclic) bond motifs is 1. The van der Waals surface area contributed by atoms with Gasteiger partial charge in [0, 0.05) is 24.1 Å². The van der Waals surface area contributed by atoms with Crippen molar-refractivity contribution in [1.82, 2.24) is 9.97 Å². The summed E-state index contributed by atoms with van der Waals surface area (Å²) in [7, 11) is 3.15. The second kappa shape index (κ2) is 10.3. The Hall–Kier alpha value is -3.04. The van der Waals surface area contributed by atoms with Gasteiger partial charge in [0.2, 0.25) is 0 Å². The largest absolute Gasteiger partial charge is 0.493 e. The third-order valence-electron chi connectivity index (χ3n) is 5.94. The molecule has 0 amide bonds. The molecule has 0 unspecified atom stereocenters. The molecule has 0 bridgehead atoms. The monoisotopic (exact) mass is 489 g/mol. The zero-order valence-corrected chi connectivity index (χ0v) is 21.2. The highest BCUT2D eigenvalue weighted by atomic mass is 19.3.